The van der Waals surface area contributed by atoms with E-state index in [9.17, 15) is 0 Å². The van der Waals surface area contributed by atoms with Crippen molar-refractivity contribution in [3.8, 4) is 11.8 Å². The summed E-state index contributed by atoms with van der Waals surface area (Å²) in [6, 6.07) is 11.9. The van der Waals surface area contributed by atoms with Crippen LogP contribution in [0.1, 0.15) is 10.4 Å². The third-order valence-corrected chi connectivity index (χ3v) is 3.75. The number of ether oxygens (including phenoxy) is 1. The molecule has 1 aromatic heterocycles. The molecular formula is C14H15N3OS. The zero-order valence-electron chi connectivity index (χ0n) is 10.6. The number of nitrogens with two attached hydrogens (primary N) is 1. The second-order valence-corrected chi connectivity index (χ2v) is 5.08. The van der Waals surface area contributed by atoms with Crippen LogP contribution in [-0.4, -0.2) is 13.7 Å². The smallest absolute Gasteiger partial charge is 0.129 e. The van der Waals surface area contributed by atoms with E-state index in [2.05, 4.69) is 11.4 Å². The van der Waals surface area contributed by atoms with E-state index < -0.39 is 0 Å². The second-order valence-electron chi connectivity index (χ2n) is 4.03. The summed E-state index contributed by atoms with van der Waals surface area (Å²) in [5, 5.41) is 13.0. The number of anilines is 2. The Labute approximate surface area is 116 Å². The minimum atomic E-state index is 0.541. The highest BCUT2D eigenvalue weighted by molar-refractivity contribution is 7.17. The predicted molar refractivity (Wildman–Crippen MR) is 78.6 cm³/mol. The molecule has 0 bridgehead atoms. The first-order valence-electron chi connectivity index (χ1n) is 5.89. The number of benzene rings is 1. The topological polar surface area (TPSA) is 71.1 Å². The van der Waals surface area contributed by atoms with Crippen LogP contribution in [0.5, 0.6) is 5.75 Å². The molecule has 0 amide bonds. The Kier molecular flexibility index (Phi) is 4.26. The van der Waals surface area contributed by atoms with Crippen molar-refractivity contribution < 1.29 is 4.74 Å². The molecule has 2 rings (SSSR count). The summed E-state index contributed by atoms with van der Waals surface area (Å²) in [5.74, 6) is 0.862. The van der Waals surface area contributed by atoms with Crippen LogP contribution in [0.15, 0.2) is 30.3 Å². The van der Waals surface area contributed by atoms with Gasteiger partial charge < -0.3 is 15.8 Å². The molecule has 5 heteroatoms. The molecule has 0 saturated heterocycles. The molecule has 0 aliphatic rings. The van der Waals surface area contributed by atoms with E-state index in [-0.39, 0.29) is 0 Å². The highest BCUT2D eigenvalue weighted by Gasteiger charge is 2.04. The Bertz CT molecular complexity index is 584. The zero-order chi connectivity index (χ0) is 13.7. The normalized spacial score (nSPS) is 9.89. The van der Waals surface area contributed by atoms with Crippen LogP contribution < -0.4 is 15.8 Å². The third kappa shape index (κ3) is 3.39. The second kappa shape index (κ2) is 6.12. The number of nitriles is 1. The minimum absolute atomic E-state index is 0.541. The largest absolute Gasteiger partial charge is 0.497 e. The Morgan fingerprint density at radius 1 is 1.37 bits per heavy atom. The average Bonchev–Trinajstić information content (AvgIpc) is 2.80. The van der Waals surface area contributed by atoms with E-state index >= 15 is 0 Å². The molecule has 0 saturated carbocycles. The summed E-state index contributed by atoms with van der Waals surface area (Å²) in [4.78, 5) is 0.562. The maximum Gasteiger partial charge on any atom is 0.129 e. The third-order valence-electron chi connectivity index (χ3n) is 2.73. The molecule has 3 N–H and O–H groups in total. The van der Waals surface area contributed by atoms with Crippen LogP contribution in [0.2, 0.25) is 0 Å². The van der Waals surface area contributed by atoms with Gasteiger partial charge in [0.2, 0.25) is 0 Å². The molecule has 4 nitrogen and oxygen atoms in total. The van der Waals surface area contributed by atoms with Crippen LogP contribution in [0.3, 0.4) is 0 Å². The monoisotopic (exact) mass is 273 g/mol. The fourth-order valence-electron chi connectivity index (χ4n) is 1.70. The Morgan fingerprint density at radius 3 is 2.68 bits per heavy atom. The van der Waals surface area contributed by atoms with Gasteiger partial charge in [0.15, 0.2) is 0 Å². The van der Waals surface area contributed by atoms with E-state index in [0.717, 1.165) is 23.7 Å². The summed E-state index contributed by atoms with van der Waals surface area (Å²) >= 11 is 1.38. The summed E-state index contributed by atoms with van der Waals surface area (Å²) in [6.45, 7) is 0.803. The summed E-state index contributed by atoms with van der Waals surface area (Å²) in [5.41, 5.74) is 7.48. The lowest BCUT2D eigenvalue weighted by Gasteiger charge is -2.05. The molecule has 0 atom stereocenters. The molecule has 0 radical (unpaired) electrons. The summed E-state index contributed by atoms with van der Waals surface area (Å²) < 4.78 is 5.11. The van der Waals surface area contributed by atoms with Crippen molar-refractivity contribution in [3.05, 3.63) is 40.8 Å². The highest BCUT2D eigenvalue weighted by atomic mass is 32.1. The van der Waals surface area contributed by atoms with E-state index in [1.54, 1.807) is 13.2 Å². The van der Waals surface area contributed by atoms with Crippen LogP contribution in [-0.2, 0) is 6.42 Å². The number of thiophene rings is 1. The van der Waals surface area contributed by atoms with Gasteiger partial charge in [-0.25, -0.2) is 0 Å². The lowest BCUT2D eigenvalue weighted by Crippen LogP contribution is -2.03. The number of methoxy groups -OCH3 is 1. The number of rotatable bonds is 5. The number of nitrogen functional groups attached to an aromatic ring is 1. The number of nitrogens with one attached hydrogen (secondary N) is 1. The fourth-order valence-corrected chi connectivity index (χ4v) is 2.50. The zero-order valence-corrected chi connectivity index (χ0v) is 11.5. The van der Waals surface area contributed by atoms with Gasteiger partial charge in [-0.3, -0.25) is 0 Å². The van der Waals surface area contributed by atoms with Crippen LogP contribution in [0.25, 0.3) is 0 Å². The molecule has 98 valence electrons. The summed E-state index contributed by atoms with van der Waals surface area (Å²) in [6.07, 6.45) is 0.906. The van der Waals surface area contributed by atoms with Crippen molar-refractivity contribution in [2.45, 2.75) is 6.42 Å². The first-order valence-corrected chi connectivity index (χ1v) is 6.71. The van der Waals surface area contributed by atoms with E-state index in [1.807, 2.05) is 24.3 Å². The number of hydrogen-bond acceptors (Lipinski definition) is 5. The fraction of sp³-hybridized carbons (Fsp3) is 0.214. The van der Waals surface area contributed by atoms with Crippen molar-refractivity contribution >= 4 is 22.0 Å². The molecule has 2 aromatic rings. The highest BCUT2D eigenvalue weighted by Crippen LogP contribution is 2.28. The van der Waals surface area contributed by atoms with E-state index in [0.29, 0.717) is 10.6 Å². The van der Waals surface area contributed by atoms with E-state index in [1.165, 1.54) is 16.9 Å². The first-order chi connectivity index (χ1) is 9.22. The molecule has 1 aromatic carbocycles. The average molecular weight is 273 g/mol. The van der Waals surface area contributed by atoms with Crippen LogP contribution >= 0.6 is 11.3 Å². The van der Waals surface area contributed by atoms with Gasteiger partial charge in [-0.15, -0.1) is 11.3 Å². The summed E-state index contributed by atoms with van der Waals surface area (Å²) in [7, 11) is 1.66. The van der Waals surface area contributed by atoms with Gasteiger partial charge in [0.25, 0.3) is 0 Å². The van der Waals surface area contributed by atoms with Gasteiger partial charge in [-0.1, -0.05) is 12.1 Å². The van der Waals surface area contributed by atoms with Gasteiger partial charge in [-0.2, -0.15) is 5.26 Å². The standard InChI is InChI=1S/C14H15N3OS/c1-18-11-4-2-10(3-5-11)6-7-17-14-8-12(16)13(9-15)19-14/h2-5,8,17H,6-7,16H2,1H3. The van der Waals surface area contributed by atoms with Crippen molar-refractivity contribution in [1.82, 2.24) is 0 Å². The maximum absolute atomic E-state index is 8.83. The maximum atomic E-state index is 8.83. The Balaban J connectivity index is 1.87. The predicted octanol–water partition coefficient (Wildman–Crippen LogP) is 2.87. The van der Waals surface area contributed by atoms with Gasteiger partial charge in [-0.05, 0) is 30.2 Å². The van der Waals surface area contributed by atoms with Crippen LogP contribution in [0, 0.1) is 11.3 Å². The van der Waals surface area contributed by atoms with Crippen molar-refractivity contribution in [2.75, 3.05) is 24.7 Å². The number of nitrogens with zero attached hydrogens (tertiary/aromatic N) is 1. The Morgan fingerprint density at radius 2 is 2.11 bits per heavy atom. The lowest BCUT2D eigenvalue weighted by atomic mass is 10.1. The molecule has 0 aliphatic carbocycles. The van der Waals surface area contributed by atoms with Gasteiger partial charge >= 0.3 is 0 Å². The van der Waals surface area contributed by atoms with Gasteiger partial charge in [0.05, 0.1) is 17.8 Å². The molecule has 0 unspecified atom stereocenters. The molecule has 0 aliphatic heterocycles. The molecule has 19 heavy (non-hydrogen) atoms. The SMILES string of the molecule is COc1ccc(CCNc2cc(N)c(C#N)s2)cc1. The molecular weight excluding hydrogens is 258 g/mol. The van der Waals surface area contributed by atoms with Crippen molar-refractivity contribution in [2.24, 2.45) is 0 Å². The lowest BCUT2D eigenvalue weighted by molar-refractivity contribution is 0.414. The van der Waals surface area contributed by atoms with E-state index in [4.69, 9.17) is 15.7 Å². The van der Waals surface area contributed by atoms with Crippen molar-refractivity contribution in [3.63, 3.8) is 0 Å². The molecule has 1 heterocycles. The van der Waals surface area contributed by atoms with Crippen LogP contribution in [0.4, 0.5) is 10.7 Å². The molecule has 0 fully saturated rings. The Hall–Kier alpha value is -2.19. The number of hydrogen-bond donors (Lipinski definition) is 2. The first kappa shape index (κ1) is 13.2. The van der Waals surface area contributed by atoms with Crippen molar-refractivity contribution in [1.29, 1.82) is 5.26 Å². The van der Waals surface area contributed by atoms with Gasteiger partial charge in [0.1, 0.15) is 16.7 Å². The quantitative estimate of drug-likeness (QED) is 0.878. The van der Waals surface area contributed by atoms with Gasteiger partial charge in [0, 0.05) is 6.54 Å². The minimum Gasteiger partial charge on any atom is -0.497 e. The molecule has 0 spiro atoms.